The summed E-state index contributed by atoms with van der Waals surface area (Å²) < 4.78 is 86.5. The van der Waals surface area contributed by atoms with Crippen LogP contribution < -0.4 is 4.74 Å². The van der Waals surface area contributed by atoms with Crippen molar-refractivity contribution in [2.75, 3.05) is 13.2 Å². The van der Waals surface area contributed by atoms with E-state index in [0.29, 0.717) is 12.2 Å². The molecule has 0 amide bonds. The van der Waals surface area contributed by atoms with Crippen LogP contribution in [-0.2, 0) is 14.3 Å². The SMILES string of the molecule is O=C(Oc1ccc(-c2ccc(-c3ccc(C4CO4)c(F)c3F)cc2)c(F)c1F)C1CCC(F)CO1. The fourth-order valence-corrected chi connectivity index (χ4v) is 4.01. The monoisotopic (exact) mass is 490 g/mol. The maximum atomic E-state index is 14.8. The van der Waals surface area contributed by atoms with Crippen LogP contribution >= 0.6 is 0 Å². The molecule has 3 unspecified atom stereocenters. The van der Waals surface area contributed by atoms with Crippen LogP contribution in [0.15, 0.2) is 48.5 Å². The molecular weight excluding hydrogens is 471 g/mol. The van der Waals surface area contributed by atoms with Crippen LogP contribution in [-0.4, -0.2) is 31.5 Å². The number of carbonyl (C=O) groups is 1. The van der Waals surface area contributed by atoms with Crippen molar-refractivity contribution in [3.05, 3.63) is 77.4 Å². The molecule has 3 aromatic rings. The molecule has 2 aliphatic rings. The summed E-state index contributed by atoms with van der Waals surface area (Å²) in [6.07, 6.45) is -2.46. The second-order valence-corrected chi connectivity index (χ2v) is 8.39. The zero-order valence-corrected chi connectivity index (χ0v) is 18.2. The number of ether oxygens (including phenoxy) is 3. The Balaban J connectivity index is 1.35. The number of benzene rings is 3. The summed E-state index contributed by atoms with van der Waals surface area (Å²) in [5.74, 6) is -6.15. The largest absolute Gasteiger partial charge is 0.421 e. The fraction of sp³-hybridized carbons (Fsp3) is 0.269. The lowest BCUT2D eigenvalue weighted by Gasteiger charge is -2.23. The molecule has 0 aliphatic carbocycles. The number of esters is 1. The number of carbonyl (C=O) groups excluding carboxylic acids is 1. The molecule has 5 rings (SSSR count). The van der Waals surface area contributed by atoms with Gasteiger partial charge in [-0.15, -0.1) is 0 Å². The van der Waals surface area contributed by atoms with Crippen molar-refractivity contribution in [3.8, 4) is 28.0 Å². The highest BCUT2D eigenvalue weighted by atomic mass is 19.2. The molecule has 0 N–H and O–H groups in total. The van der Waals surface area contributed by atoms with Gasteiger partial charge in [0.2, 0.25) is 5.82 Å². The molecule has 0 spiro atoms. The first kappa shape index (κ1) is 23.4. The van der Waals surface area contributed by atoms with Crippen molar-refractivity contribution in [3.63, 3.8) is 0 Å². The number of halogens is 5. The van der Waals surface area contributed by atoms with Crippen LogP contribution in [0.1, 0.15) is 24.5 Å². The van der Waals surface area contributed by atoms with E-state index >= 15 is 0 Å². The third kappa shape index (κ3) is 4.66. The first-order valence-corrected chi connectivity index (χ1v) is 11.0. The number of alkyl halides is 1. The molecule has 3 atom stereocenters. The van der Waals surface area contributed by atoms with Gasteiger partial charge in [-0.2, -0.15) is 4.39 Å². The second kappa shape index (κ2) is 9.39. The molecule has 0 aromatic heterocycles. The van der Waals surface area contributed by atoms with Crippen molar-refractivity contribution >= 4 is 5.97 Å². The Morgan fingerprint density at radius 2 is 1.34 bits per heavy atom. The predicted octanol–water partition coefficient (Wildman–Crippen LogP) is 6.07. The molecule has 3 aromatic carbocycles. The molecule has 4 nitrogen and oxygen atoms in total. The molecule has 2 aliphatic heterocycles. The molecule has 35 heavy (non-hydrogen) atoms. The van der Waals surface area contributed by atoms with Crippen molar-refractivity contribution in [2.45, 2.75) is 31.2 Å². The molecule has 9 heteroatoms. The molecule has 0 bridgehead atoms. The van der Waals surface area contributed by atoms with E-state index in [2.05, 4.69) is 0 Å². The van der Waals surface area contributed by atoms with E-state index in [-0.39, 0.29) is 41.7 Å². The van der Waals surface area contributed by atoms with Gasteiger partial charge in [0.25, 0.3) is 0 Å². The summed E-state index contributed by atoms with van der Waals surface area (Å²) in [5, 5.41) is 0. The van der Waals surface area contributed by atoms with Gasteiger partial charge in [0.1, 0.15) is 12.3 Å². The highest BCUT2D eigenvalue weighted by Crippen LogP contribution is 2.37. The quantitative estimate of drug-likeness (QED) is 0.189. The zero-order valence-electron chi connectivity index (χ0n) is 18.2. The third-order valence-corrected chi connectivity index (χ3v) is 6.04. The Morgan fingerprint density at radius 3 is 1.91 bits per heavy atom. The smallest absolute Gasteiger partial charge is 0.340 e. The lowest BCUT2D eigenvalue weighted by Crippen LogP contribution is -2.35. The summed E-state index contributed by atoms with van der Waals surface area (Å²) in [6.45, 7) is 0.0829. The van der Waals surface area contributed by atoms with Crippen LogP contribution in [0.4, 0.5) is 22.0 Å². The molecule has 2 fully saturated rings. The van der Waals surface area contributed by atoms with Crippen LogP contribution in [0, 0.1) is 23.3 Å². The number of rotatable bonds is 5. The number of hydrogen-bond donors (Lipinski definition) is 0. The molecule has 2 heterocycles. The van der Waals surface area contributed by atoms with Crippen molar-refractivity contribution in [1.29, 1.82) is 0 Å². The van der Waals surface area contributed by atoms with Gasteiger partial charge in [0.05, 0.1) is 13.2 Å². The maximum absolute atomic E-state index is 14.8. The average molecular weight is 490 g/mol. The first-order valence-electron chi connectivity index (χ1n) is 11.0. The molecule has 0 saturated carbocycles. The van der Waals surface area contributed by atoms with Crippen LogP contribution in [0.5, 0.6) is 5.75 Å². The minimum Gasteiger partial charge on any atom is -0.421 e. The maximum Gasteiger partial charge on any atom is 0.340 e. The Bertz CT molecular complexity index is 1270. The molecule has 2 saturated heterocycles. The second-order valence-electron chi connectivity index (χ2n) is 8.39. The normalized spacial score (nSPS) is 21.6. The summed E-state index contributed by atoms with van der Waals surface area (Å²) in [4.78, 5) is 12.2. The van der Waals surface area contributed by atoms with Crippen LogP contribution in [0.3, 0.4) is 0 Å². The van der Waals surface area contributed by atoms with Gasteiger partial charge in [-0.05, 0) is 36.1 Å². The van der Waals surface area contributed by atoms with Gasteiger partial charge < -0.3 is 14.2 Å². The van der Waals surface area contributed by atoms with Crippen molar-refractivity contribution < 1.29 is 41.0 Å². The van der Waals surface area contributed by atoms with E-state index in [4.69, 9.17) is 14.2 Å². The van der Waals surface area contributed by atoms with Gasteiger partial charge >= 0.3 is 5.97 Å². The highest BCUT2D eigenvalue weighted by Gasteiger charge is 2.31. The van der Waals surface area contributed by atoms with Gasteiger partial charge in [-0.25, -0.2) is 22.4 Å². The number of hydrogen-bond acceptors (Lipinski definition) is 4. The summed E-state index contributed by atoms with van der Waals surface area (Å²) >= 11 is 0. The predicted molar refractivity (Wildman–Crippen MR) is 115 cm³/mol. The van der Waals surface area contributed by atoms with E-state index in [1.807, 2.05) is 0 Å². The molecule has 0 radical (unpaired) electrons. The van der Waals surface area contributed by atoms with Crippen LogP contribution in [0.25, 0.3) is 22.3 Å². The van der Waals surface area contributed by atoms with Crippen molar-refractivity contribution in [2.24, 2.45) is 0 Å². The summed E-state index contributed by atoms with van der Waals surface area (Å²) in [6, 6.07) is 11.1. The summed E-state index contributed by atoms with van der Waals surface area (Å²) in [7, 11) is 0. The zero-order chi connectivity index (χ0) is 24.7. The highest BCUT2D eigenvalue weighted by molar-refractivity contribution is 5.78. The minimum absolute atomic E-state index is 0.0244. The first-order chi connectivity index (χ1) is 16.8. The Hall–Kier alpha value is -3.30. The molecule has 182 valence electrons. The van der Waals surface area contributed by atoms with E-state index < -0.39 is 53.4 Å². The molecular formula is C26H19F5O4. The number of epoxide rings is 1. The fourth-order valence-electron chi connectivity index (χ4n) is 4.01. The van der Waals surface area contributed by atoms with E-state index in [0.717, 1.165) is 6.07 Å². The van der Waals surface area contributed by atoms with Gasteiger partial charge in [0.15, 0.2) is 29.3 Å². The van der Waals surface area contributed by atoms with E-state index in [9.17, 15) is 26.7 Å². The Morgan fingerprint density at radius 1 is 0.743 bits per heavy atom. The van der Waals surface area contributed by atoms with Crippen LogP contribution in [0.2, 0.25) is 0 Å². The lowest BCUT2D eigenvalue weighted by atomic mass is 9.98. The van der Waals surface area contributed by atoms with E-state index in [1.165, 1.54) is 42.5 Å². The minimum atomic E-state index is -1.37. The Labute approximate surface area is 197 Å². The van der Waals surface area contributed by atoms with E-state index in [1.54, 1.807) is 0 Å². The van der Waals surface area contributed by atoms with Gasteiger partial charge in [-0.3, -0.25) is 0 Å². The van der Waals surface area contributed by atoms with Gasteiger partial charge in [0, 0.05) is 16.7 Å². The van der Waals surface area contributed by atoms with Crippen molar-refractivity contribution in [1.82, 2.24) is 0 Å². The Kier molecular flexibility index (Phi) is 6.29. The topological polar surface area (TPSA) is 48.1 Å². The summed E-state index contributed by atoms with van der Waals surface area (Å²) in [5.41, 5.74) is 0.689. The average Bonchev–Trinajstić information content (AvgIpc) is 3.70. The third-order valence-electron chi connectivity index (χ3n) is 6.04. The lowest BCUT2D eigenvalue weighted by molar-refractivity contribution is -0.152. The standard InChI is InChI=1S/C26H19F5O4/c27-15-5-9-20(33-11-15)26(32)35-19-10-8-17(23(29)25(19)31)14-3-1-13(2-4-14)16-6-7-18(21-12-34-21)24(30)22(16)28/h1-4,6-8,10,15,20-21H,5,9,11-12H2. The van der Waals surface area contributed by atoms with Gasteiger partial charge in [-0.1, -0.05) is 36.4 Å².